The van der Waals surface area contributed by atoms with Crippen LogP contribution < -0.4 is 15.4 Å². The molecule has 1 heterocycles. The van der Waals surface area contributed by atoms with Gasteiger partial charge in [0.2, 0.25) is 5.91 Å². The molecule has 0 aromatic heterocycles. The molecule has 152 valence electrons. The van der Waals surface area contributed by atoms with Crippen LogP contribution in [0.15, 0.2) is 66.7 Å². The van der Waals surface area contributed by atoms with Crippen molar-refractivity contribution >= 4 is 34.8 Å². The molecule has 0 radical (unpaired) electrons. The topological polar surface area (TPSA) is 67.4 Å². The molecule has 0 bridgehead atoms. The van der Waals surface area contributed by atoms with E-state index in [1.165, 1.54) is 0 Å². The Kier molecular flexibility index (Phi) is 5.72. The van der Waals surface area contributed by atoms with Crippen molar-refractivity contribution in [3.63, 3.8) is 0 Å². The largest absolute Gasteiger partial charge is 0.492 e. The number of fused-ring (bicyclic) bond motifs is 1. The van der Waals surface area contributed by atoms with Crippen molar-refractivity contribution in [1.82, 2.24) is 0 Å². The van der Waals surface area contributed by atoms with Crippen LogP contribution in [0.4, 0.5) is 11.4 Å². The van der Waals surface area contributed by atoms with Gasteiger partial charge in [-0.3, -0.25) is 9.59 Å². The van der Waals surface area contributed by atoms with E-state index in [4.69, 9.17) is 16.3 Å². The van der Waals surface area contributed by atoms with E-state index >= 15 is 0 Å². The molecule has 1 atom stereocenters. The molecule has 6 heteroatoms. The quantitative estimate of drug-likeness (QED) is 0.617. The summed E-state index contributed by atoms with van der Waals surface area (Å²) in [5, 5.41) is 6.44. The van der Waals surface area contributed by atoms with Crippen LogP contribution >= 0.6 is 11.6 Å². The van der Waals surface area contributed by atoms with Crippen molar-refractivity contribution < 1.29 is 14.3 Å². The summed E-state index contributed by atoms with van der Waals surface area (Å²) in [6.45, 7) is 2.28. The number of carbonyl (C=O) groups excluding carboxylic acids is 2. The lowest BCUT2D eigenvalue weighted by Gasteiger charge is -2.25. The van der Waals surface area contributed by atoms with Crippen LogP contribution in [0.5, 0.6) is 5.75 Å². The molecule has 4 rings (SSSR count). The van der Waals surface area contributed by atoms with Gasteiger partial charge < -0.3 is 15.4 Å². The van der Waals surface area contributed by atoms with Gasteiger partial charge >= 0.3 is 0 Å². The average Bonchev–Trinajstić information content (AvgIpc) is 2.75. The molecule has 30 heavy (non-hydrogen) atoms. The van der Waals surface area contributed by atoms with Crippen molar-refractivity contribution in [3.05, 3.63) is 88.4 Å². The molecular weight excluding hydrogens is 400 g/mol. The number of nitrogens with one attached hydrogen (secondary N) is 2. The molecule has 0 saturated carbocycles. The Hall–Kier alpha value is -3.31. The minimum Gasteiger partial charge on any atom is -0.492 e. The molecule has 3 aromatic rings. The summed E-state index contributed by atoms with van der Waals surface area (Å²) < 4.78 is 5.79. The highest BCUT2D eigenvalue weighted by Gasteiger charge is 2.26. The molecule has 0 saturated heterocycles. The zero-order valence-corrected chi connectivity index (χ0v) is 17.2. The zero-order valence-electron chi connectivity index (χ0n) is 16.4. The van der Waals surface area contributed by atoms with Gasteiger partial charge in [0.05, 0.1) is 5.92 Å². The third kappa shape index (κ3) is 4.47. The summed E-state index contributed by atoms with van der Waals surface area (Å²) in [7, 11) is 0. The standard InChI is InChI=1S/C24H21ClN2O3/c1-15-4-2-3-5-21(15)27-24(29)18-12-17-13-20(10-11-22(17)30-14-18)26-23(28)16-6-8-19(25)9-7-16/h2-11,13,18H,12,14H2,1H3,(H,26,28)(H,27,29). The molecule has 1 unspecified atom stereocenters. The molecule has 3 aromatic carbocycles. The number of amides is 2. The third-order valence-corrected chi connectivity index (χ3v) is 5.36. The zero-order chi connectivity index (χ0) is 21.1. The second-order valence-electron chi connectivity index (χ2n) is 7.30. The lowest BCUT2D eigenvalue weighted by Crippen LogP contribution is -2.32. The number of rotatable bonds is 4. The van der Waals surface area contributed by atoms with E-state index in [1.807, 2.05) is 43.3 Å². The van der Waals surface area contributed by atoms with Crippen molar-refractivity contribution in [1.29, 1.82) is 0 Å². The summed E-state index contributed by atoms with van der Waals surface area (Å²) in [6.07, 6.45) is 0.539. The van der Waals surface area contributed by atoms with Gasteiger partial charge in [0, 0.05) is 22.0 Å². The van der Waals surface area contributed by atoms with Crippen LogP contribution in [0.3, 0.4) is 0 Å². The number of anilines is 2. The molecule has 2 amide bonds. The van der Waals surface area contributed by atoms with Crippen LogP contribution in [0.2, 0.25) is 5.02 Å². The number of benzene rings is 3. The van der Waals surface area contributed by atoms with Gasteiger partial charge in [0.25, 0.3) is 5.91 Å². The first kappa shape index (κ1) is 20.0. The predicted octanol–water partition coefficient (Wildman–Crippen LogP) is 5.09. The predicted molar refractivity (Wildman–Crippen MR) is 118 cm³/mol. The second kappa shape index (κ2) is 8.59. The highest BCUT2D eigenvalue weighted by Crippen LogP contribution is 2.31. The van der Waals surface area contributed by atoms with Gasteiger partial charge in [0.15, 0.2) is 0 Å². The second-order valence-corrected chi connectivity index (χ2v) is 7.74. The van der Waals surface area contributed by atoms with Crippen LogP contribution in [0.1, 0.15) is 21.5 Å². The SMILES string of the molecule is Cc1ccccc1NC(=O)C1COc2ccc(NC(=O)c3ccc(Cl)cc3)cc2C1. The van der Waals surface area contributed by atoms with E-state index in [0.29, 0.717) is 29.3 Å². The number of aryl methyl sites for hydroxylation is 1. The molecule has 0 spiro atoms. The van der Waals surface area contributed by atoms with E-state index in [2.05, 4.69) is 10.6 Å². The maximum atomic E-state index is 12.7. The van der Waals surface area contributed by atoms with Crippen LogP contribution in [0.25, 0.3) is 0 Å². The molecule has 5 nitrogen and oxygen atoms in total. The number of ether oxygens (including phenoxy) is 1. The van der Waals surface area contributed by atoms with Gasteiger partial charge in [-0.1, -0.05) is 29.8 Å². The molecule has 1 aliphatic heterocycles. The Morgan fingerprint density at radius 3 is 2.53 bits per heavy atom. The number of hydrogen-bond donors (Lipinski definition) is 2. The van der Waals surface area contributed by atoms with Gasteiger partial charge in [-0.2, -0.15) is 0 Å². The van der Waals surface area contributed by atoms with E-state index in [-0.39, 0.29) is 17.7 Å². The lowest BCUT2D eigenvalue weighted by molar-refractivity contribution is -0.121. The Labute approximate surface area is 180 Å². The normalized spacial score (nSPS) is 14.9. The summed E-state index contributed by atoms with van der Waals surface area (Å²) in [5.41, 5.74) is 3.87. The Bertz CT molecular complexity index is 1100. The summed E-state index contributed by atoms with van der Waals surface area (Å²) >= 11 is 5.88. The molecule has 2 N–H and O–H groups in total. The minimum absolute atomic E-state index is 0.0782. The van der Waals surface area contributed by atoms with Crippen LogP contribution in [-0.4, -0.2) is 18.4 Å². The Morgan fingerprint density at radius 1 is 1.00 bits per heavy atom. The molecule has 0 aliphatic carbocycles. The Morgan fingerprint density at radius 2 is 1.77 bits per heavy atom. The van der Waals surface area contributed by atoms with Crippen molar-refractivity contribution in [2.45, 2.75) is 13.3 Å². The fourth-order valence-corrected chi connectivity index (χ4v) is 3.52. The van der Waals surface area contributed by atoms with Gasteiger partial charge in [-0.05, 0) is 73.0 Å². The van der Waals surface area contributed by atoms with Crippen LogP contribution in [0, 0.1) is 12.8 Å². The number of halogens is 1. The summed E-state index contributed by atoms with van der Waals surface area (Å²) in [6, 6.07) is 19.8. The van der Waals surface area contributed by atoms with E-state index in [9.17, 15) is 9.59 Å². The van der Waals surface area contributed by atoms with Crippen molar-refractivity contribution in [2.75, 3.05) is 17.2 Å². The van der Waals surface area contributed by atoms with Crippen molar-refractivity contribution in [3.8, 4) is 5.75 Å². The summed E-state index contributed by atoms with van der Waals surface area (Å²) in [4.78, 5) is 25.2. The van der Waals surface area contributed by atoms with Crippen LogP contribution in [-0.2, 0) is 11.2 Å². The van der Waals surface area contributed by atoms with Gasteiger partial charge in [0.1, 0.15) is 12.4 Å². The highest BCUT2D eigenvalue weighted by atomic mass is 35.5. The first-order chi connectivity index (χ1) is 14.5. The summed E-state index contributed by atoms with van der Waals surface area (Å²) in [5.74, 6) is 0.126. The maximum absolute atomic E-state index is 12.7. The van der Waals surface area contributed by atoms with Crippen molar-refractivity contribution in [2.24, 2.45) is 5.92 Å². The van der Waals surface area contributed by atoms with E-state index < -0.39 is 0 Å². The first-order valence-electron chi connectivity index (χ1n) is 9.69. The highest BCUT2D eigenvalue weighted by molar-refractivity contribution is 6.30. The number of carbonyl (C=O) groups is 2. The van der Waals surface area contributed by atoms with E-state index in [0.717, 1.165) is 22.6 Å². The Balaban J connectivity index is 1.45. The van der Waals surface area contributed by atoms with Gasteiger partial charge in [-0.25, -0.2) is 0 Å². The molecular formula is C24H21ClN2O3. The van der Waals surface area contributed by atoms with Gasteiger partial charge in [-0.15, -0.1) is 0 Å². The van der Waals surface area contributed by atoms with E-state index in [1.54, 1.807) is 30.3 Å². The molecule has 1 aliphatic rings. The lowest BCUT2D eigenvalue weighted by atomic mass is 9.95. The fraction of sp³-hybridized carbons (Fsp3) is 0.167. The monoisotopic (exact) mass is 420 g/mol. The smallest absolute Gasteiger partial charge is 0.255 e. The number of para-hydroxylation sites is 1. The maximum Gasteiger partial charge on any atom is 0.255 e. The third-order valence-electron chi connectivity index (χ3n) is 5.10. The average molecular weight is 421 g/mol. The first-order valence-corrected chi connectivity index (χ1v) is 10.1. The fourth-order valence-electron chi connectivity index (χ4n) is 3.39. The minimum atomic E-state index is -0.306. The number of hydrogen-bond acceptors (Lipinski definition) is 3. The molecule has 0 fully saturated rings.